The Labute approximate surface area is 146 Å². The molecule has 0 saturated carbocycles. The third kappa shape index (κ3) is 4.90. The van der Waals surface area contributed by atoms with Gasteiger partial charge >= 0.3 is 0 Å². The fourth-order valence-corrected chi connectivity index (χ4v) is 3.57. The van der Waals surface area contributed by atoms with Gasteiger partial charge in [0.15, 0.2) is 0 Å². The second-order valence-electron chi connectivity index (χ2n) is 4.88. The molecular formula is C17H19ClN2S2. The van der Waals surface area contributed by atoms with Crippen LogP contribution in [-0.4, -0.2) is 10.2 Å². The molecule has 1 aliphatic heterocycles. The average Bonchev–Trinajstić information content (AvgIpc) is 2.53. The fourth-order valence-electron chi connectivity index (χ4n) is 1.97. The Morgan fingerprint density at radius 3 is 2.23 bits per heavy atom. The third-order valence-corrected chi connectivity index (χ3v) is 5.03. The van der Waals surface area contributed by atoms with Gasteiger partial charge in [-0.15, -0.1) is 12.4 Å². The lowest BCUT2D eigenvalue weighted by atomic mass is 10.2. The zero-order chi connectivity index (χ0) is 14.5. The molecule has 0 spiro atoms. The van der Waals surface area contributed by atoms with Gasteiger partial charge in [0, 0.05) is 21.7 Å². The molecule has 1 heterocycles. The lowest BCUT2D eigenvalue weighted by Gasteiger charge is -2.23. The second-order valence-corrected chi connectivity index (χ2v) is 7.09. The van der Waals surface area contributed by atoms with Crippen LogP contribution in [0.5, 0.6) is 0 Å². The highest BCUT2D eigenvalue weighted by atomic mass is 35.5. The molecule has 2 aromatic carbocycles. The molecule has 2 aromatic rings. The van der Waals surface area contributed by atoms with E-state index in [-0.39, 0.29) is 12.4 Å². The van der Waals surface area contributed by atoms with Gasteiger partial charge in [-0.2, -0.15) is 0 Å². The molecule has 116 valence electrons. The first-order valence-corrected chi connectivity index (χ1v) is 8.75. The van der Waals surface area contributed by atoms with Crippen LogP contribution in [0.1, 0.15) is 12.0 Å². The van der Waals surface area contributed by atoms with E-state index in [9.17, 15) is 0 Å². The highest BCUT2D eigenvalue weighted by molar-refractivity contribution is 7.99. The average molecular weight is 351 g/mol. The highest BCUT2D eigenvalue weighted by Crippen LogP contribution is 2.29. The van der Waals surface area contributed by atoms with Crippen molar-refractivity contribution in [2.24, 2.45) is 0 Å². The zero-order valence-corrected chi connectivity index (χ0v) is 14.8. The summed E-state index contributed by atoms with van der Waals surface area (Å²) in [5.41, 5.74) is 5.79. The van der Waals surface area contributed by atoms with Crippen molar-refractivity contribution in [1.82, 2.24) is 4.41 Å². The number of benzene rings is 2. The highest BCUT2D eigenvalue weighted by Gasteiger charge is 2.04. The number of hydrazine groups is 1. The number of halogens is 1. The molecule has 2 nitrogen and oxygen atoms in total. The molecule has 1 N–H and O–H groups in total. The molecule has 0 aliphatic carbocycles. The predicted octanol–water partition coefficient (Wildman–Crippen LogP) is 5.76. The number of nitrogens with one attached hydrogen (secondary N) is 1. The Bertz CT molecular complexity index is 612. The molecule has 1 aliphatic rings. The molecule has 0 bridgehead atoms. The van der Waals surface area contributed by atoms with Crippen LogP contribution in [0, 0.1) is 6.92 Å². The van der Waals surface area contributed by atoms with Crippen LogP contribution in [0.2, 0.25) is 0 Å². The predicted molar refractivity (Wildman–Crippen MR) is 101 cm³/mol. The monoisotopic (exact) mass is 350 g/mol. The molecule has 0 amide bonds. The summed E-state index contributed by atoms with van der Waals surface area (Å²) in [6.07, 6.45) is 5.42. The van der Waals surface area contributed by atoms with Crippen molar-refractivity contribution < 1.29 is 0 Å². The standard InChI is InChI=1S/C17H18N2S2.ClH/c1-14-4-8-16(9-5-14)21-17-10-6-15(7-11-17)18-19-12-2-3-13-20-19;/h2,4-12,18H,3,13H2,1H3;1H. The number of allylic oxidation sites excluding steroid dienone is 1. The lowest BCUT2D eigenvalue weighted by molar-refractivity contribution is 0.735. The van der Waals surface area contributed by atoms with Crippen LogP contribution < -0.4 is 5.43 Å². The number of hydrogen-bond donors (Lipinski definition) is 1. The van der Waals surface area contributed by atoms with E-state index in [2.05, 4.69) is 77.6 Å². The summed E-state index contributed by atoms with van der Waals surface area (Å²) in [6, 6.07) is 17.2. The van der Waals surface area contributed by atoms with Crippen molar-refractivity contribution in [2.45, 2.75) is 23.1 Å². The van der Waals surface area contributed by atoms with Gasteiger partial charge in [-0.1, -0.05) is 35.5 Å². The van der Waals surface area contributed by atoms with E-state index in [0.717, 1.165) is 17.9 Å². The minimum absolute atomic E-state index is 0. The minimum atomic E-state index is 0. The van der Waals surface area contributed by atoms with Gasteiger partial charge in [0.2, 0.25) is 0 Å². The topological polar surface area (TPSA) is 15.3 Å². The molecule has 0 aromatic heterocycles. The summed E-state index contributed by atoms with van der Waals surface area (Å²) in [6.45, 7) is 2.11. The van der Waals surface area contributed by atoms with Crippen molar-refractivity contribution in [1.29, 1.82) is 0 Å². The smallest absolute Gasteiger partial charge is 0.0552 e. The molecule has 3 rings (SSSR count). The fraction of sp³-hybridized carbons (Fsp3) is 0.176. The molecular weight excluding hydrogens is 332 g/mol. The molecule has 0 radical (unpaired) electrons. The first-order valence-electron chi connectivity index (χ1n) is 7.00. The van der Waals surface area contributed by atoms with E-state index in [0.29, 0.717) is 0 Å². The number of hydrogen-bond acceptors (Lipinski definition) is 4. The van der Waals surface area contributed by atoms with Crippen molar-refractivity contribution in [2.75, 3.05) is 11.2 Å². The van der Waals surface area contributed by atoms with Crippen molar-refractivity contribution in [3.63, 3.8) is 0 Å². The summed E-state index contributed by atoms with van der Waals surface area (Å²) in [4.78, 5) is 2.53. The van der Waals surface area contributed by atoms with Crippen molar-refractivity contribution in [3.05, 3.63) is 66.4 Å². The van der Waals surface area contributed by atoms with Gasteiger partial charge < -0.3 is 0 Å². The maximum atomic E-state index is 3.38. The third-order valence-electron chi connectivity index (χ3n) is 3.11. The molecule has 0 saturated heterocycles. The normalized spacial score (nSPS) is 13.6. The maximum absolute atomic E-state index is 3.38. The molecule has 5 heteroatoms. The van der Waals surface area contributed by atoms with Gasteiger partial charge in [-0.05, 0) is 61.7 Å². The van der Waals surface area contributed by atoms with Crippen LogP contribution >= 0.6 is 36.1 Å². The Morgan fingerprint density at radius 1 is 1.00 bits per heavy atom. The summed E-state index contributed by atoms with van der Waals surface area (Å²) in [5, 5.41) is 0. The van der Waals surface area contributed by atoms with Crippen LogP contribution in [0.3, 0.4) is 0 Å². The first kappa shape index (κ1) is 17.1. The second kappa shape index (κ2) is 8.42. The largest absolute Gasteiger partial charge is 0.289 e. The number of aryl methyl sites for hydroxylation is 1. The van der Waals surface area contributed by atoms with Crippen molar-refractivity contribution >= 4 is 41.8 Å². The van der Waals surface area contributed by atoms with E-state index in [1.807, 2.05) is 0 Å². The Morgan fingerprint density at radius 2 is 1.64 bits per heavy atom. The van der Waals surface area contributed by atoms with E-state index in [1.54, 1.807) is 23.7 Å². The summed E-state index contributed by atoms with van der Waals surface area (Å²) in [7, 11) is 0. The number of anilines is 1. The van der Waals surface area contributed by atoms with Gasteiger partial charge in [0.25, 0.3) is 0 Å². The van der Waals surface area contributed by atoms with E-state index in [4.69, 9.17) is 0 Å². The van der Waals surface area contributed by atoms with Crippen LogP contribution in [0.25, 0.3) is 0 Å². The Kier molecular flexibility index (Phi) is 6.55. The van der Waals surface area contributed by atoms with Crippen molar-refractivity contribution in [3.8, 4) is 0 Å². The lowest BCUT2D eigenvalue weighted by Crippen LogP contribution is -2.18. The molecule has 0 fully saturated rings. The zero-order valence-electron chi connectivity index (χ0n) is 12.4. The van der Waals surface area contributed by atoms with Gasteiger partial charge in [0.05, 0.1) is 5.69 Å². The van der Waals surface area contributed by atoms with Crippen LogP contribution in [0.4, 0.5) is 5.69 Å². The summed E-state index contributed by atoms with van der Waals surface area (Å²) >= 11 is 3.59. The number of nitrogens with zero attached hydrogens (tertiary/aromatic N) is 1. The molecule has 0 unspecified atom stereocenters. The van der Waals surface area contributed by atoms with Gasteiger partial charge in [-0.25, -0.2) is 4.41 Å². The van der Waals surface area contributed by atoms with E-state index in [1.165, 1.54) is 15.4 Å². The van der Waals surface area contributed by atoms with Gasteiger partial charge in [-0.3, -0.25) is 5.43 Å². The van der Waals surface area contributed by atoms with E-state index < -0.39 is 0 Å². The maximum Gasteiger partial charge on any atom is 0.0552 e. The van der Waals surface area contributed by atoms with Crippen LogP contribution in [-0.2, 0) is 0 Å². The van der Waals surface area contributed by atoms with Gasteiger partial charge in [0.1, 0.15) is 0 Å². The molecule has 22 heavy (non-hydrogen) atoms. The van der Waals surface area contributed by atoms with Crippen LogP contribution in [0.15, 0.2) is 70.6 Å². The number of rotatable bonds is 4. The summed E-state index contributed by atoms with van der Waals surface area (Å²) < 4.78 is 2.06. The Balaban J connectivity index is 0.00000176. The molecule has 0 atom stereocenters. The minimum Gasteiger partial charge on any atom is -0.289 e. The summed E-state index contributed by atoms with van der Waals surface area (Å²) in [5.74, 6) is 1.13. The SMILES string of the molecule is Cc1ccc(Sc2ccc(NN3C=CCCS3)cc2)cc1.Cl. The first-order chi connectivity index (χ1) is 10.3. The van der Waals surface area contributed by atoms with E-state index >= 15 is 0 Å². The Hall–Kier alpha value is -1.23. The quantitative estimate of drug-likeness (QED) is 0.704.